The molecule has 4 aromatic rings. The number of aryl methyl sites for hydroxylation is 1. The molecule has 2 fully saturated rings. The summed E-state index contributed by atoms with van der Waals surface area (Å²) >= 11 is 0. The third-order valence-corrected chi connectivity index (χ3v) is 10.00. The van der Waals surface area contributed by atoms with Crippen LogP contribution in [0.3, 0.4) is 0 Å². The van der Waals surface area contributed by atoms with Gasteiger partial charge in [-0.05, 0) is 60.9 Å². The van der Waals surface area contributed by atoms with E-state index in [4.69, 9.17) is 0 Å². The topological polar surface area (TPSA) is 94.5 Å². The molecule has 0 amide bonds. The molecule has 1 aliphatic carbocycles. The van der Waals surface area contributed by atoms with Crippen LogP contribution in [-0.2, 0) is 29.8 Å². The lowest BCUT2D eigenvalue weighted by molar-refractivity contribution is -0.136. The van der Waals surface area contributed by atoms with E-state index >= 15 is 0 Å². The molecule has 0 radical (unpaired) electrons. The van der Waals surface area contributed by atoms with Crippen molar-refractivity contribution in [3.8, 4) is 5.69 Å². The summed E-state index contributed by atoms with van der Waals surface area (Å²) in [5.74, 6) is 1.06. The molecule has 1 aromatic carbocycles. The van der Waals surface area contributed by atoms with E-state index in [0.717, 1.165) is 41.1 Å². The Balaban J connectivity index is 1.45. The molecule has 0 N–H and O–H groups in total. The van der Waals surface area contributed by atoms with Gasteiger partial charge in [0, 0.05) is 38.4 Å². The predicted molar refractivity (Wildman–Crippen MR) is 142 cm³/mol. The molecule has 1 saturated carbocycles. The van der Waals surface area contributed by atoms with Crippen LogP contribution in [0.5, 0.6) is 0 Å². The minimum atomic E-state index is -4.75. The summed E-state index contributed by atoms with van der Waals surface area (Å²) in [6.45, 7) is 0.00727. The first kappa shape index (κ1) is 26.8. The number of benzene rings is 1. The van der Waals surface area contributed by atoms with Crippen molar-refractivity contribution in [2.24, 2.45) is 13.0 Å². The zero-order valence-electron chi connectivity index (χ0n) is 21.9. The van der Waals surface area contributed by atoms with E-state index in [1.165, 1.54) is 21.3 Å². The van der Waals surface area contributed by atoms with Gasteiger partial charge in [0.25, 0.3) is 0 Å². The molecule has 2 aliphatic rings. The number of rotatable bonds is 6. The van der Waals surface area contributed by atoms with Crippen molar-refractivity contribution in [2.45, 2.75) is 50.7 Å². The second-order valence-corrected chi connectivity index (χ2v) is 12.8. The average Bonchev–Trinajstić information content (AvgIpc) is 3.44. The van der Waals surface area contributed by atoms with E-state index < -0.39 is 27.5 Å². The minimum absolute atomic E-state index is 0.0375. The van der Waals surface area contributed by atoms with Crippen LogP contribution in [0.25, 0.3) is 11.2 Å². The van der Waals surface area contributed by atoms with Crippen LogP contribution >= 0.6 is 0 Å². The fourth-order valence-electron chi connectivity index (χ4n) is 5.81. The molecule has 9 nitrogen and oxygen atoms in total. The molecule has 6 rings (SSSR count). The molecule has 0 bridgehead atoms. The lowest BCUT2D eigenvalue weighted by Crippen LogP contribution is -2.37. The highest BCUT2D eigenvalue weighted by Crippen LogP contribution is 2.43. The molecule has 1 atom stereocenters. The van der Waals surface area contributed by atoms with Crippen LogP contribution < -0.4 is 5.69 Å². The first-order valence-electron chi connectivity index (χ1n) is 13.3. The first-order valence-corrected chi connectivity index (χ1v) is 14.9. The number of imidazole rings is 1. The number of sulfonamides is 1. The largest absolute Gasteiger partial charge is 0.418 e. The summed E-state index contributed by atoms with van der Waals surface area (Å²) in [6, 6.07) is 8.19. The van der Waals surface area contributed by atoms with Crippen LogP contribution in [0.15, 0.2) is 53.8 Å². The maximum Gasteiger partial charge on any atom is 0.418 e. The first-order chi connectivity index (χ1) is 19.0. The highest BCUT2D eigenvalue weighted by molar-refractivity contribution is 7.89. The normalized spacial score (nSPS) is 19.1. The zero-order valence-corrected chi connectivity index (χ0v) is 22.7. The van der Waals surface area contributed by atoms with Gasteiger partial charge in [-0.15, -0.1) is 10.2 Å². The third-order valence-electron chi connectivity index (χ3n) is 8.09. The standard InChI is InChI=1S/C27H29F3N6O3S/c1-33-17-31-32-25(33)24(19-6-4-7-19)20-8-5-9-21(13-20)35-16-23-22(27(28,29)30)12-18(15-36(23)26(35)37)14-34-10-2-3-11-40(34,38)39/h5,8-9,12-13,15-17,19,24H,2-4,6-7,10-11,14H2,1H3/t24-/m1/s1. The molecule has 1 aliphatic heterocycles. The van der Waals surface area contributed by atoms with E-state index in [1.54, 1.807) is 18.5 Å². The van der Waals surface area contributed by atoms with Gasteiger partial charge in [-0.1, -0.05) is 18.6 Å². The van der Waals surface area contributed by atoms with Crippen LogP contribution in [0, 0.1) is 5.92 Å². The predicted octanol–water partition coefficient (Wildman–Crippen LogP) is 4.10. The van der Waals surface area contributed by atoms with Crippen molar-refractivity contribution in [3.63, 3.8) is 0 Å². The molecule has 40 heavy (non-hydrogen) atoms. The van der Waals surface area contributed by atoms with E-state index in [1.807, 2.05) is 23.7 Å². The Bertz CT molecular complexity index is 1740. The molecule has 212 valence electrons. The van der Waals surface area contributed by atoms with Crippen LogP contribution in [0.4, 0.5) is 13.2 Å². The molecular weight excluding hydrogens is 545 g/mol. The summed E-state index contributed by atoms with van der Waals surface area (Å²) < 4.78 is 72.8. The van der Waals surface area contributed by atoms with Gasteiger partial charge in [-0.2, -0.15) is 17.5 Å². The van der Waals surface area contributed by atoms with Crippen LogP contribution in [-0.4, -0.2) is 48.8 Å². The number of halogens is 3. The highest BCUT2D eigenvalue weighted by Gasteiger charge is 2.36. The number of fused-ring (bicyclic) bond motifs is 1. The van der Waals surface area contributed by atoms with Crippen molar-refractivity contribution >= 4 is 15.5 Å². The molecule has 3 aromatic heterocycles. The van der Waals surface area contributed by atoms with Gasteiger partial charge in [-0.3, -0.25) is 8.97 Å². The number of nitrogens with zero attached hydrogens (tertiary/aromatic N) is 6. The van der Waals surface area contributed by atoms with E-state index in [9.17, 15) is 26.4 Å². The summed E-state index contributed by atoms with van der Waals surface area (Å²) in [6.07, 6.45) is 3.74. The van der Waals surface area contributed by atoms with Gasteiger partial charge in [0.05, 0.1) is 22.5 Å². The zero-order chi connectivity index (χ0) is 28.2. The molecular formula is C27H29F3N6O3S. The lowest BCUT2D eigenvalue weighted by Gasteiger charge is -2.33. The number of aromatic nitrogens is 5. The Kier molecular flexibility index (Phi) is 6.61. The van der Waals surface area contributed by atoms with Gasteiger partial charge >= 0.3 is 11.9 Å². The number of alkyl halides is 3. The minimum Gasteiger partial charge on any atom is -0.320 e. The van der Waals surface area contributed by atoms with Crippen molar-refractivity contribution < 1.29 is 21.6 Å². The highest BCUT2D eigenvalue weighted by atomic mass is 32.2. The Morgan fingerprint density at radius 3 is 2.55 bits per heavy atom. The second kappa shape index (κ2) is 9.88. The maximum atomic E-state index is 14.2. The van der Waals surface area contributed by atoms with Crippen molar-refractivity contribution in [2.75, 3.05) is 12.3 Å². The van der Waals surface area contributed by atoms with Crippen molar-refractivity contribution in [1.29, 1.82) is 0 Å². The fourth-order valence-corrected chi connectivity index (χ4v) is 7.39. The average molecular weight is 575 g/mol. The van der Waals surface area contributed by atoms with Gasteiger partial charge < -0.3 is 4.57 Å². The SMILES string of the molecule is Cn1cnnc1[C@@H](c1cccc(-n2cc3c(C(F)(F)F)cc(CN4CCCCS4(=O)=O)cn3c2=O)c1)C1CCC1. The molecule has 0 unspecified atom stereocenters. The molecule has 4 heterocycles. The number of hydrogen-bond acceptors (Lipinski definition) is 5. The summed E-state index contributed by atoms with van der Waals surface area (Å²) in [4.78, 5) is 13.5. The summed E-state index contributed by atoms with van der Waals surface area (Å²) in [5, 5.41) is 8.36. The number of hydrogen-bond donors (Lipinski definition) is 0. The van der Waals surface area contributed by atoms with Crippen molar-refractivity contribution in [1.82, 2.24) is 28.0 Å². The van der Waals surface area contributed by atoms with Crippen molar-refractivity contribution in [3.05, 3.63) is 82.1 Å². The smallest absolute Gasteiger partial charge is 0.320 e. The lowest BCUT2D eigenvalue weighted by atomic mass is 9.72. The monoisotopic (exact) mass is 574 g/mol. The fraction of sp³-hybridized carbons (Fsp3) is 0.444. The Morgan fingerprint density at radius 2 is 1.90 bits per heavy atom. The third kappa shape index (κ3) is 4.74. The molecule has 0 spiro atoms. The Labute approximate surface area is 228 Å². The Morgan fingerprint density at radius 1 is 1.10 bits per heavy atom. The second-order valence-electron chi connectivity index (χ2n) is 10.7. The van der Waals surface area contributed by atoms with Gasteiger partial charge in [0.2, 0.25) is 10.0 Å². The van der Waals surface area contributed by atoms with Gasteiger partial charge in [0.15, 0.2) is 0 Å². The number of pyridine rings is 1. The Hall–Kier alpha value is -3.45. The molecule has 13 heteroatoms. The van der Waals surface area contributed by atoms with Crippen LogP contribution in [0.1, 0.15) is 60.5 Å². The van der Waals surface area contributed by atoms with E-state index in [-0.39, 0.29) is 35.8 Å². The van der Waals surface area contributed by atoms with E-state index in [2.05, 4.69) is 10.2 Å². The van der Waals surface area contributed by atoms with E-state index in [0.29, 0.717) is 24.4 Å². The molecule has 1 saturated heterocycles. The summed E-state index contributed by atoms with van der Waals surface area (Å²) in [5.41, 5.74) is -0.501. The van der Waals surface area contributed by atoms with Gasteiger partial charge in [-0.25, -0.2) is 13.2 Å². The summed E-state index contributed by atoms with van der Waals surface area (Å²) in [7, 11) is -1.69. The maximum absolute atomic E-state index is 14.2. The van der Waals surface area contributed by atoms with Crippen LogP contribution in [0.2, 0.25) is 0 Å². The quantitative estimate of drug-likeness (QED) is 0.346. The van der Waals surface area contributed by atoms with Gasteiger partial charge in [0.1, 0.15) is 12.2 Å².